The predicted molar refractivity (Wildman–Crippen MR) is 146 cm³/mol. The number of ether oxygens (including phenoxy) is 2. The first kappa shape index (κ1) is 22.2. The maximum Gasteiger partial charge on any atom is 0.231 e. The van der Waals surface area contributed by atoms with E-state index in [-0.39, 0.29) is 6.79 Å². The third-order valence-electron chi connectivity index (χ3n) is 7.40. The second-order valence-electron chi connectivity index (χ2n) is 9.94. The van der Waals surface area contributed by atoms with Gasteiger partial charge >= 0.3 is 0 Å². The van der Waals surface area contributed by atoms with Crippen molar-refractivity contribution in [3.05, 3.63) is 66.6 Å². The quantitative estimate of drug-likeness (QED) is 0.331. The topological polar surface area (TPSA) is 118 Å². The first-order chi connectivity index (χ1) is 19.3. The van der Waals surface area contributed by atoms with Crippen molar-refractivity contribution in [1.82, 2.24) is 40.0 Å². The second kappa shape index (κ2) is 8.88. The van der Waals surface area contributed by atoms with Crippen molar-refractivity contribution in [2.24, 2.45) is 0 Å². The number of H-pyrrole nitrogens is 2. The van der Waals surface area contributed by atoms with Crippen molar-refractivity contribution >= 4 is 22.2 Å². The van der Waals surface area contributed by atoms with Gasteiger partial charge in [-0.3, -0.25) is 15.0 Å². The van der Waals surface area contributed by atoms with Crippen LogP contribution >= 0.6 is 0 Å². The number of nitrogens with zero attached hydrogens (tertiary/aromatic N) is 6. The van der Waals surface area contributed by atoms with E-state index in [4.69, 9.17) is 19.4 Å². The molecule has 6 aromatic rings. The fraction of sp³-hybridized carbons (Fsp3) is 0.207. The molecule has 2 N–H and O–H groups in total. The Labute approximate surface area is 223 Å². The van der Waals surface area contributed by atoms with Crippen LogP contribution in [0.25, 0.3) is 56.1 Å². The SMILES string of the molecule is c1cc(-c2ccc3c(c2)OCO3)c2nc(-c3n[nH]c4ccc(-c5cncc(CN6CCCC6)c5)nc34)[nH]c2n1. The van der Waals surface area contributed by atoms with Crippen LogP contribution < -0.4 is 9.47 Å². The average Bonchev–Trinajstić information content (AvgIpc) is 3.78. The molecule has 5 aromatic heterocycles. The number of aromatic nitrogens is 7. The number of rotatable bonds is 5. The van der Waals surface area contributed by atoms with Crippen molar-refractivity contribution < 1.29 is 9.47 Å². The number of pyridine rings is 3. The summed E-state index contributed by atoms with van der Waals surface area (Å²) in [6.45, 7) is 3.44. The zero-order valence-corrected chi connectivity index (χ0v) is 21.0. The Bertz CT molecular complexity index is 1850. The van der Waals surface area contributed by atoms with Crippen molar-refractivity contribution in [3.63, 3.8) is 0 Å². The monoisotopic (exact) mass is 516 g/mol. The van der Waals surface area contributed by atoms with Crippen LogP contribution in [-0.2, 0) is 6.54 Å². The van der Waals surface area contributed by atoms with E-state index in [9.17, 15) is 0 Å². The molecule has 10 heteroatoms. The van der Waals surface area contributed by atoms with Crippen LogP contribution in [0.2, 0.25) is 0 Å². The smallest absolute Gasteiger partial charge is 0.231 e. The van der Waals surface area contributed by atoms with Gasteiger partial charge in [-0.05, 0) is 73.5 Å². The molecule has 1 saturated heterocycles. The van der Waals surface area contributed by atoms with Crippen LogP contribution in [0.4, 0.5) is 0 Å². The van der Waals surface area contributed by atoms with E-state index in [2.05, 4.69) is 36.1 Å². The largest absolute Gasteiger partial charge is 0.454 e. The van der Waals surface area contributed by atoms with Gasteiger partial charge in [0.05, 0.1) is 11.2 Å². The van der Waals surface area contributed by atoms with E-state index in [0.717, 1.165) is 70.1 Å². The van der Waals surface area contributed by atoms with Gasteiger partial charge in [-0.2, -0.15) is 5.10 Å². The molecule has 0 unspecified atom stereocenters. The van der Waals surface area contributed by atoms with E-state index in [1.807, 2.05) is 48.8 Å². The Morgan fingerprint density at radius 3 is 2.74 bits per heavy atom. The van der Waals surface area contributed by atoms with Crippen molar-refractivity contribution in [2.45, 2.75) is 19.4 Å². The summed E-state index contributed by atoms with van der Waals surface area (Å²) in [6, 6.07) is 14.0. The Morgan fingerprint density at radius 2 is 1.79 bits per heavy atom. The van der Waals surface area contributed by atoms with E-state index in [1.165, 1.54) is 18.4 Å². The molecule has 1 fully saturated rings. The molecule has 0 atom stereocenters. The molecule has 8 rings (SSSR count). The molecule has 0 radical (unpaired) electrons. The van der Waals surface area contributed by atoms with E-state index < -0.39 is 0 Å². The van der Waals surface area contributed by atoms with Crippen molar-refractivity contribution in [3.8, 4) is 45.4 Å². The minimum Gasteiger partial charge on any atom is -0.454 e. The number of aromatic amines is 2. The van der Waals surface area contributed by atoms with Crippen LogP contribution in [0.5, 0.6) is 11.5 Å². The zero-order valence-electron chi connectivity index (χ0n) is 21.0. The highest BCUT2D eigenvalue weighted by Crippen LogP contribution is 2.38. The summed E-state index contributed by atoms with van der Waals surface area (Å²) >= 11 is 0. The molecule has 10 nitrogen and oxygen atoms in total. The van der Waals surface area contributed by atoms with E-state index in [1.54, 1.807) is 6.20 Å². The normalized spacial score (nSPS) is 15.1. The second-order valence-corrected chi connectivity index (χ2v) is 9.94. The fourth-order valence-corrected chi connectivity index (χ4v) is 5.46. The Hall–Kier alpha value is -4.83. The van der Waals surface area contributed by atoms with Gasteiger partial charge in [0.2, 0.25) is 6.79 Å². The maximum atomic E-state index is 5.58. The summed E-state index contributed by atoms with van der Waals surface area (Å²) < 4.78 is 11.0. The number of imidazole rings is 1. The third kappa shape index (κ3) is 3.88. The molecule has 0 amide bonds. The number of hydrogen-bond acceptors (Lipinski definition) is 8. The third-order valence-corrected chi connectivity index (χ3v) is 7.40. The Morgan fingerprint density at radius 1 is 0.872 bits per heavy atom. The summed E-state index contributed by atoms with van der Waals surface area (Å²) in [5.41, 5.74) is 8.57. The molecule has 2 aliphatic heterocycles. The molecule has 0 saturated carbocycles. The van der Waals surface area contributed by atoms with Crippen LogP contribution in [-0.4, -0.2) is 59.9 Å². The first-order valence-electron chi connectivity index (χ1n) is 13.1. The van der Waals surface area contributed by atoms with Crippen LogP contribution in [0.1, 0.15) is 18.4 Å². The molecule has 39 heavy (non-hydrogen) atoms. The average molecular weight is 517 g/mol. The van der Waals surface area contributed by atoms with E-state index >= 15 is 0 Å². The van der Waals surface area contributed by atoms with Gasteiger partial charge < -0.3 is 14.5 Å². The minimum atomic E-state index is 0.233. The highest BCUT2D eigenvalue weighted by molar-refractivity contribution is 5.95. The molecule has 192 valence electrons. The van der Waals surface area contributed by atoms with E-state index in [0.29, 0.717) is 17.2 Å². The number of benzene rings is 1. The van der Waals surface area contributed by atoms with Gasteiger partial charge in [0.15, 0.2) is 28.7 Å². The molecule has 0 bridgehead atoms. The molecule has 0 spiro atoms. The first-order valence-corrected chi connectivity index (χ1v) is 13.1. The standard InChI is InChI=1S/C29H24N8O2/c1-2-10-37(9-1)15-17-11-19(14-30-13-17)21-4-5-22-26(32-21)27(36-35-22)29-33-25-20(7-8-31-28(25)34-29)18-3-6-23-24(12-18)39-16-38-23/h3-8,11-14H,1-2,9-10,15-16H2,(H,35,36)(H,31,33,34). The fourth-order valence-electron chi connectivity index (χ4n) is 5.46. The lowest BCUT2D eigenvalue weighted by molar-refractivity contribution is 0.174. The number of likely N-dealkylation sites (tertiary alicyclic amines) is 1. The number of hydrogen-bond donors (Lipinski definition) is 2. The number of nitrogens with one attached hydrogen (secondary N) is 2. The Kier molecular flexibility index (Phi) is 5.05. The molecule has 0 aliphatic carbocycles. The Balaban J connectivity index is 1.17. The summed E-state index contributed by atoms with van der Waals surface area (Å²) in [7, 11) is 0. The zero-order chi connectivity index (χ0) is 25.8. The summed E-state index contributed by atoms with van der Waals surface area (Å²) in [5.74, 6) is 2.07. The predicted octanol–water partition coefficient (Wildman–Crippen LogP) is 4.95. The van der Waals surface area contributed by atoms with Crippen LogP contribution in [0.3, 0.4) is 0 Å². The van der Waals surface area contributed by atoms with Gasteiger partial charge in [-0.25, -0.2) is 15.0 Å². The lowest BCUT2D eigenvalue weighted by atomic mass is 10.1. The van der Waals surface area contributed by atoms with Crippen LogP contribution in [0.15, 0.2) is 61.1 Å². The highest BCUT2D eigenvalue weighted by atomic mass is 16.7. The lowest BCUT2D eigenvalue weighted by Crippen LogP contribution is -2.18. The van der Waals surface area contributed by atoms with Gasteiger partial charge in [-0.15, -0.1) is 0 Å². The molecule has 7 heterocycles. The summed E-state index contributed by atoms with van der Waals surface area (Å²) in [6.07, 6.45) is 8.12. The summed E-state index contributed by atoms with van der Waals surface area (Å²) in [5, 5.41) is 7.66. The van der Waals surface area contributed by atoms with Crippen molar-refractivity contribution in [1.29, 1.82) is 0 Å². The molecular formula is C29H24N8O2. The molecule has 1 aromatic carbocycles. The maximum absolute atomic E-state index is 5.58. The van der Waals surface area contributed by atoms with Gasteiger partial charge in [0.25, 0.3) is 0 Å². The lowest BCUT2D eigenvalue weighted by Gasteiger charge is -2.14. The summed E-state index contributed by atoms with van der Waals surface area (Å²) in [4.78, 5) is 24.7. The van der Waals surface area contributed by atoms with Gasteiger partial charge in [0, 0.05) is 36.3 Å². The molecular weight excluding hydrogens is 492 g/mol. The van der Waals surface area contributed by atoms with Gasteiger partial charge in [-0.1, -0.05) is 6.07 Å². The molecule has 2 aliphatic rings. The minimum absolute atomic E-state index is 0.233. The van der Waals surface area contributed by atoms with Crippen LogP contribution in [0, 0.1) is 0 Å². The highest BCUT2D eigenvalue weighted by Gasteiger charge is 2.20. The van der Waals surface area contributed by atoms with Crippen molar-refractivity contribution in [2.75, 3.05) is 19.9 Å². The number of fused-ring (bicyclic) bond motifs is 3. The van der Waals surface area contributed by atoms with Gasteiger partial charge in [0.1, 0.15) is 11.0 Å².